The Labute approximate surface area is 161 Å². The van der Waals surface area contributed by atoms with Crippen LogP contribution in [0, 0.1) is 0 Å². The summed E-state index contributed by atoms with van der Waals surface area (Å²) in [5, 5.41) is 2.86. The van der Waals surface area contributed by atoms with E-state index in [0.717, 1.165) is 29.8 Å². The second-order valence-corrected chi connectivity index (χ2v) is 7.99. The van der Waals surface area contributed by atoms with Crippen LogP contribution < -0.4 is 0 Å². The highest BCUT2D eigenvalue weighted by Gasteiger charge is 2.25. The van der Waals surface area contributed by atoms with Gasteiger partial charge in [0.2, 0.25) is 0 Å². The van der Waals surface area contributed by atoms with Crippen LogP contribution in [0.1, 0.15) is 41.0 Å². The van der Waals surface area contributed by atoms with E-state index in [1.165, 1.54) is 30.2 Å². The van der Waals surface area contributed by atoms with E-state index in [-0.39, 0.29) is 0 Å². The minimum atomic E-state index is 0.328. The normalized spacial score (nSPS) is 18.6. The number of benzene rings is 2. The number of halogens is 2. The van der Waals surface area contributed by atoms with Crippen LogP contribution in [0.5, 0.6) is 0 Å². The zero-order valence-electron chi connectivity index (χ0n) is 14.5. The van der Waals surface area contributed by atoms with E-state index in [0.29, 0.717) is 16.7 Å². The molecule has 25 heavy (non-hydrogen) atoms. The number of fused-ring (bicyclic) bond motifs is 1. The first kappa shape index (κ1) is 18.5. The topological polar surface area (TPSA) is 9.23 Å². The van der Waals surface area contributed by atoms with Gasteiger partial charge >= 0.3 is 0 Å². The molecule has 1 aliphatic carbocycles. The summed E-state index contributed by atoms with van der Waals surface area (Å²) in [5.41, 5.74) is 4.93. The highest BCUT2D eigenvalue weighted by molar-refractivity contribution is 7.40. The molecule has 0 heterocycles. The number of hydrogen-bond donors (Lipinski definition) is 0. The summed E-state index contributed by atoms with van der Waals surface area (Å²) >= 11 is 12.6. The molecule has 1 unspecified atom stereocenters. The van der Waals surface area contributed by atoms with Gasteiger partial charge < -0.3 is 4.74 Å². The fraction of sp³-hybridized carbons (Fsp3) is 0.286. The van der Waals surface area contributed by atoms with Gasteiger partial charge in [0.05, 0.1) is 7.11 Å². The van der Waals surface area contributed by atoms with Gasteiger partial charge in [-0.3, -0.25) is 0 Å². The van der Waals surface area contributed by atoms with E-state index >= 15 is 0 Å². The summed E-state index contributed by atoms with van der Waals surface area (Å²) in [6.45, 7) is 6.17. The van der Waals surface area contributed by atoms with E-state index in [1.54, 1.807) is 7.11 Å². The Morgan fingerprint density at radius 2 is 2.00 bits per heavy atom. The minimum absolute atomic E-state index is 0.328. The first-order valence-electron chi connectivity index (χ1n) is 8.33. The molecule has 0 aromatic heterocycles. The number of ether oxygens (including phenoxy) is 1. The fourth-order valence-corrected chi connectivity index (χ4v) is 5.11. The maximum Gasteiger partial charge on any atom is 0.118 e. The van der Waals surface area contributed by atoms with Gasteiger partial charge in [-0.2, -0.15) is 0 Å². The summed E-state index contributed by atoms with van der Waals surface area (Å²) in [7, 11) is 2.93. The van der Waals surface area contributed by atoms with Gasteiger partial charge in [-0.05, 0) is 66.1 Å². The lowest BCUT2D eigenvalue weighted by atomic mass is 9.89. The van der Waals surface area contributed by atoms with Crippen molar-refractivity contribution >= 4 is 42.5 Å². The van der Waals surface area contributed by atoms with E-state index in [1.807, 2.05) is 12.1 Å². The smallest absolute Gasteiger partial charge is 0.118 e. The van der Waals surface area contributed by atoms with Crippen LogP contribution >= 0.6 is 31.4 Å². The van der Waals surface area contributed by atoms with Crippen molar-refractivity contribution in [3.63, 3.8) is 0 Å². The van der Waals surface area contributed by atoms with Crippen molar-refractivity contribution in [2.45, 2.75) is 25.2 Å². The van der Waals surface area contributed by atoms with Gasteiger partial charge in [-0.15, -0.1) is 8.20 Å². The maximum atomic E-state index is 6.52. The largest absolute Gasteiger partial charge is 0.497 e. The molecule has 1 nitrogen and oxygen atoms in total. The molecule has 0 radical (unpaired) electrons. The highest BCUT2D eigenvalue weighted by Crippen LogP contribution is 2.39. The van der Waals surface area contributed by atoms with Gasteiger partial charge in [-0.1, -0.05) is 48.0 Å². The van der Waals surface area contributed by atoms with Gasteiger partial charge in [0.25, 0.3) is 0 Å². The van der Waals surface area contributed by atoms with Crippen LogP contribution in [0.2, 0.25) is 10.0 Å². The minimum Gasteiger partial charge on any atom is -0.497 e. The van der Waals surface area contributed by atoms with E-state index in [9.17, 15) is 0 Å². The number of hydrogen-bond acceptors (Lipinski definition) is 1. The predicted molar refractivity (Wildman–Crippen MR) is 112 cm³/mol. The van der Waals surface area contributed by atoms with Crippen molar-refractivity contribution in [1.29, 1.82) is 0 Å². The molecule has 0 aliphatic heterocycles. The predicted octanol–water partition coefficient (Wildman–Crippen LogP) is 6.83. The number of aryl methyl sites for hydroxylation is 1. The van der Waals surface area contributed by atoms with Crippen molar-refractivity contribution in [3.05, 3.63) is 75.3 Å². The highest BCUT2D eigenvalue weighted by atomic mass is 35.5. The second-order valence-electron chi connectivity index (χ2n) is 6.22. The standard InChI is InChI=1S/C21H21Cl2OP/c1-13(24-2)14-7-9-17-15(11-14)5-4-6-19(21(17)25-3)18-10-8-16(22)12-20(18)23/h7-12,19H,1,4-6H2,2-3H3. The van der Waals surface area contributed by atoms with Gasteiger partial charge in [-0.25, -0.2) is 0 Å². The third-order valence-corrected chi connectivity index (χ3v) is 6.39. The molecule has 0 bridgehead atoms. The molecule has 0 saturated heterocycles. The van der Waals surface area contributed by atoms with Crippen LogP contribution in [0.15, 0.2) is 43.0 Å². The van der Waals surface area contributed by atoms with Crippen LogP contribution in [-0.4, -0.2) is 19.1 Å². The van der Waals surface area contributed by atoms with Crippen LogP contribution in [0.3, 0.4) is 0 Å². The molecule has 0 amide bonds. The maximum absolute atomic E-state index is 6.52. The van der Waals surface area contributed by atoms with Crippen molar-refractivity contribution in [2.75, 3.05) is 13.8 Å². The lowest BCUT2D eigenvalue weighted by Crippen LogP contribution is -2.12. The quantitative estimate of drug-likeness (QED) is 0.317. The molecule has 3 rings (SSSR count). The Balaban J connectivity index is 2.07. The van der Waals surface area contributed by atoms with Crippen molar-refractivity contribution in [1.82, 2.24) is 0 Å². The SMILES string of the molecule is C=C(OC)c1ccc2c(c1)CCCC(c1ccc(Cl)cc1Cl)C2=PC. The zero-order valence-corrected chi connectivity index (χ0v) is 16.9. The van der Waals surface area contributed by atoms with Crippen LogP contribution in [-0.2, 0) is 11.2 Å². The fourth-order valence-electron chi connectivity index (χ4n) is 3.53. The number of methoxy groups -OCH3 is 1. The monoisotopic (exact) mass is 390 g/mol. The van der Waals surface area contributed by atoms with E-state index < -0.39 is 0 Å². The van der Waals surface area contributed by atoms with Crippen molar-refractivity contribution < 1.29 is 4.74 Å². The molecular weight excluding hydrogens is 370 g/mol. The third-order valence-electron chi connectivity index (χ3n) is 4.80. The molecule has 0 N–H and O–H groups in total. The summed E-state index contributed by atoms with van der Waals surface area (Å²) < 4.78 is 5.30. The molecular formula is C21H21Cl2OP. The first-order chi connectivity index (χ1) is 12.0. The molecule has 2 aromatic carbocycles. The molecule has 0 fully saturated rings. The Kier molecular flexibility index (Phi) is 5.89. The van der Waals surface area contributed by atoms with Crippen molar-refractivity contribution in [3.8, 4) is 0 Å². The van der Waals surface area contributed by atoms with E-state index in [4.69, 9.17) is 27.9 Å². The summed E-state index contributed by atoms with van der Waals surface area (Å²) in [6.07, 6.45) is 3.27. The molecule has 1 aliphatic rings. The van der Waals surface area contributed by atoms with Gasteiger partial charge in [0.1, 0.15) is 5.76 Å². The Hall–Kier alpha value is -1.27. The molecule has 2 aromatic rings. The van der Waals surface area contributed by atoms with Crippen LogP contribution in [0.4, 0.5) is 0 Å². The molecule has 0 spiro atoms. The van der Waals surface area contributed by atoms with Crippen molar-refractivity contribution in [2.24, 2.45) is 0 Å². The average molecular weight is 391 g/mol. The zero-order chi connectivity index (χ0) is 18.0. The molecule has 4 heteroatoms. The van der Waals surface area contributed by atoms with E-state index in [2.05, 4.69) is 37.5 Å². The Bertz CT molecular complexity index is 842. The molecule has 1 atom stereocenters. The first-order valence-corrected chi connectivity index (χ1v) is 10.4. The summed E-state index contributed by atoms with van der Waals surface area (Å²) in [5.74, 6) is 1.04. The third kappa shape index (κ3) is 3.80. The lowest BCUT2D eigenvalue weighted by molar-refractivity contribution is 0.371. The van der Waals surface area contributed by atoms with Gasteiger partial charge in [0, 0.05) is 21.5 Å². The van der Waals surface area contributed by atoms with Gasteiger partial charge in [0.15, 0.2) is 0 Å². The summed E-state index contributed by atoms with van der Waals surface area (Å²) in [4.78, 5) is 0. The average Bonchev–Trinajstić information content (AvgIpc) is 2.79. The number of rotatable bonds is 3. The Morgan fingerprint density at radius 1 is 1.20 bits per heavy atom. The second kappa shape index (κ2) is 7.96. The van der Waals surface area contributed by atoms with Crippen LogP contribution in [0.25, 0.3) is 5.76 Å². The molecule has 130 valence electrons. The Morgan fingerprint density at radius 3 is 2.68 bits per heavy atom. The lowest BCUT2D eigenvalue weighted by Gasteiger charge is -2.21. The summed E-state index contributed by atoms with van der Waals surface area (Å²) in [6, 6.07) is 12.4. The molecule has 0 saturated carbocycles.